The first-order valence-electron chi connectivity index (χ1n) is 11.6. The van der Waals surface area contributed by atoms with Gasteiger partial charge in [-0.25, -0.2) is 9.18 Å². The number of ether oxygens (including phenoxy) is 1. The molecule has 0 spiro atoms. The molecule has 1 heterocycles. The Balaban J connectivity index is 1.35. The molecule has 34 heavy (non-hydrogen) atoms. The number of nitrogens with one attached hydrogen (secondary N) is 1. The Kier molecular flexibility index (Phi) is 6.93. The van der Waals surface area contributed by atoms with Crippen LogP contribution in [0.5, 0.6) is 5.75 Å². The highest BCUT2D eigenvalue weighted by atomic mass is 35.5. The number of quaternary nitrogens is 1. The number of anilines is 1. The Labute approximate surface area is 211 Å². The number of halogens is 3. The summed E-state index contributed by atoms with van der Waals surface area (Å²) < 4.78 is 20.8. The molecule has 2 aromatic carbocycles. The summed E-state index contributed by atoms with van der Waals surface area (Å²) in [4.78, 5) is 15.0. The number of amides is 1. The predicted molar refractivity (Wildman–Crippen MR) is 137 cm³/mol. The largest absolute Gasteiger partial charge is 0.614 e. The zero-order valence-corrected chi connectivity index (χ0v) is 21.0. The topological polar surface area (TPSA) is 57.0 Å². The van der Waals surface area contributed by atoms with Crippen LogP contribution in [0.3, 0.4) is 0 Å². The third-order valence-corrected chi connectivity index (χ3v) is 8.97. The van der Waals surface area contributed by atoms with Crippen molar-refractivity contribution in [1.82, 2.24) is 0 Å². The number of carbonyl (C=O) groups excluding carboxylic acids is 1. The standard InChI is InChI=1S/C25H27Cl2FN2O3S/c1-34(20-6-7-20)30(32)25(31)22-12-21(15-4-5-15)24(13-23(22)28)33-19-3-2-8-29(14-19)18-10-16(26)9-17(27)11-18/h9-13,15,19-20,30H,1-8,14H2/t19-,34?/m1/s1. The molecule has 0 aromatic heterocycles. The fourth-order valence-corrected chi connectivity index (χ4v) is 6.33. The predicted octanol–water partition coefficient (Wildman–Crippen LogP) is 5.36. The van der Waals surface area contributed by atoms with Crippen molar-refractivity contribution >= 4 is 51.3 Å². The van der Waals surface area contributed by atoms with E-state index in [2.05, 4.69) is 10.8 Å². The Morgan fingerprint density at radius 2 is 1.82 bits per heavy atom. The normalized spacial score (nSPS) is 22.4. The molecule has 2 unspecified atom stereocenters. The lowest BCUT2D eigenvalue weighted by Gasteiger charge is -2.35. The molecule has 3 aliphatic rings. The highest BCUT2D eigenvalue weighted by molar-refractivity contribution is 8.09. The van der Waals surface area contributed by atoms with Crippen LogP contribution in [0.25, 0.3) is 0 Å². The molecule has 0 radical (unpaired) electrons. The smallest absolute Gasteiger partial charge is 0.358 e. The van der Waals surface area contributed by atoms with Gasteiger partial charge >= 0.3 is 5.91 Å². The lowest BCUT2D eigenvalue weighted by Crippen LogP contribution is -3.04. The quantitative estimate of drug-likeness (QED) is 0.391. The molecular weight excluding hydrogens is 498 g/mol. The van der Waals surface area contributed by atoms with E-state index in [1.54, 1.807) is 12.1 Å². The van der Waals surface area contributed by atoms with E-state index < -0.39 is 26.9 Å². The average Bonchev–Trinajstić information content (AvgIpc) is 3.70. The lowest BCUT2D eigenvalue weighted by atomic mass is 10.0. The fourth-order valence-electron chi connectivity index (χ4n) is 4.46. The van der Waals surface area contributed by atoms with Crippen molar-refractivity contribution in [3.05, 3.63) is 62.5 Å². The number of hydroxylamine groups is 1. The van der Waals surface area contributed by atoms with Gasteiger partial charge in [0.05, 0.1) is 6.54 Å². The molecule has 1 saturated heterocycles. The van der Waals surface area contributed by atoms with Crippen LogP contribution in [0.2, 0.25) is 10.0 Å². The summed E-state index contributed by atoms with van der Waals surface area (Å²) in [6.07, 6.45) is 5.34. The second-order valence-corrected chi connectivity index (χ2v) is 12.1. The Morgan fingerprint density at radius 1 is 1.12 bits per heavy atom. The molecule has 5 rings (SSSR count). The van der Waals surface area contributed by atoms with Crippen molar-refractivity contribution in [3.63, 3.8) is 0 Å². The van der Waals surface area contributed by atoms with Gasteiger partial charge in [0, 0.05) is 33.6 Å². The summed E-state index contributed by atoms with van der Waals surface area (Å²) >= 11 is 12.4. The van der Waals surface area contributed by atoms with E-state index in [-0.39, 0.29) is 22.8 Å². The molecule has 2 saturated carbocycles. The number of piperidine rings is 1. The minimum absolute atomic E-state index is 0.146. The van der Waals surface area contributed by atoms with Gasteiger partial charge in [-0.05, 0) is 90.8 Å². The van der Waals surface area contributed by atoms with Gasteiger partial charge in [0.1, 0.15) is 23.2 Å². The second kappa shape index (κ2) is 9.78. The van der Waals surface area contributed by atoms with E-state index in [1.165, 1.54) is 6.07 Å². The van der Waals surface area contributed by atoms with Crippen LogP contribution in [-0.4, -0.2) is 36.2 Å². The van der Waals surface area contributed by atoms with E-state index in [9.17, 15) is 10.0 Å². The molecular formula is C25H27Cl2FN2O3S. The number of nitrogens with zero attached hydrogens (tertiary/aromatic N) is 1. The molecule has 9 heteroatoms. The van der Waals surface area contributed by atoms with Gasteiger partial charge in [0.2, 0.25) is 0 Å². The first-order chi connectivity index (χ1) is 16.3. The van der Waals surface area contributed by atoms with Crippen LogP contribution in [0.4, 0.5) is 10.1 Å². The molecule has 1 amide bonds. The van der Waals surface area contributed by atoms with Crippen LogP contribution in [0, 0.1) is 11.0 Å². The molecule has 1 N–H and O–H groups in total. The maximum absolute atomic E-state index is 15.1. The number of carbonyl (C=O) groups is 1. The number of hydrogen-bond donors (Lipinski definition) is 1. The maximum atomic E-state index is 15.1. The summed E-state index contributed by atoms with van der Waals surface area (Å²) in [5.41, 5.74) is 1.59. The summed E-state index contributed by atoms with van der Waals surface area (Å²) in [7, 11) is -0.893. The maximum Gasteiger partial charge on any atom is 0.358 e. The molecule has 1 aliphatic heterocycles. The number of benzene rings is 2. The molecule has 182 valence electrons. The molecule has 2 aromatic rings. The Bertz CT molecular complexity index is 1120. The van der Waals surface area contributed by atoms with Gasteiger partial charge in [0.15, 0.2) is 0 Å². The molecule has 2 aliphatic carbocycles. The summed E-state index contributed by atoms with van der Waals surface area (Å²) in [6.45, 7) is 1.47. The van der Waals surface area contributed by atoms with E-state index in [1.807, 2.05) is 12.1 Å². The van der Waals surface area contributed by atoms with Crippen molar-refractivity contribution in [1.29, 1.82) is 0 Å². The summed E-state index contributed by atoms with van der Waals surface area (Å²) in [5, 5.41) is 13.9. The van der Waals surface area contributed by atoms with E-state index >= 15 is 4.39 Å². The van der Waals surface area contributed by atoms with Gasteiger partial charge < -0.3 is 14.8 Å². The number of hydrogen-bond acceptors (Lipinski definition) is 4. The van der Waals surface area contributed by atoms with Gasteiger partial charge in [-0.1, -0.05) is 23.2 Å². The Hall–Kier alpha value is -1.64. The van der Waals surface area contributed by atoms with Crippen molar-refractivity contribution < 1.29 is 18.4 Å². The highest BCUT2D eigenvalue weighted by Crippen LogP contribution is 2.45. The van der Waals surface area contributed by atoms with Gasteiger partial charge in [-0.2, -0.15) is 0 Å². The van der Waals surface area contributed by atoms with Gasteiger partial charge in [0.25, 0.3) is 0 Å². The average molecular weight is 525 g/mol. The SMILES string of the molecule is C=S(C1CC1)[NH+]([O-])C(=O)c1cc(C2CC2)c(O[C@@H]2CCCN(c3cc(Cl)cc(Cl)c3)C2)cc1F. The van der Waals surface area contributed by atoms with Crippen LogP contribution < -0.4 is 14.1 Å². The number of rotatable bonds is 7. The van der Waals surface area contributed by atoms with Crippen LogP contribution >= 0.6 is 33.9 Å². The van der Waals surface area contributed by atoms with Gasteiger partial charge in [-0.15, -0.1) is 0 Å². The van der Waals surface area contributed by atoms with Crippen molar-refractivity contribution in [2.24, 2.45) is 0 Å². The van der Waals surface area contributed by atoms with Crippen LogP contribution in [0.1, 0.15) is 60.4 Å². The minimum atomic E-state index is -0.893. The molecule has 0 bridgehead atoms. The van der Waals surface area contributed by atoms with Crippen molar-refractivity contribution in [2.45, 2.75) is 55.8 Å². The van der Waals surface area contributed by atoms with E-state index in [4.69, 9.17) is 27.9 Å². The van der Waals surface area contributed by atoms with Crippen LogP contribution in [0.15, 0.2) is 30.3 Å². The third-order valence-electron chi connectivity index (χ3n) is 6.60. The summed E-state index contributed by atoms with van der Waals surface area (Å²) in [6, 6.07) is 8.29. The van der Waals surface area contributed by atoms with E-state index in [0.29, 0.717) is 22.3 Å². The van der Waals surface area contributed by atoms with Crippen molar-refractivity contribution in [3.8, 4) is 5.75 Å². The summed E-state index contributed by atoms with van der Waals surface area (Å²) in [5.74, 6) is 3.09. The minimum Gasteiger partial charge on any atom is -0.614 e. The van der Waals surface area contributed by atoms with E-state index in [0.717, 1.165) is 56.3 Å². The zero-order valence-electron chi connectivity index (χ0n) is 18.7. The second-order valence-electron chi connectivity index (χ2n) is 9.34. The third kappa shape index (κ3) is 5.29. The molecule has 5 nitrogen and oxygen atoms in total. The first kappa shape index (κ1) is 24.1. The monoisotopic (exact) mass is 524 g/mol. The fraction of sp³-hybridized carbons (Fsp3) is 0.440. The van der Waals surface area contributed by atoms with Gasteiger partial charge in [-0.3, -0.25) is 4.47 Å². The molecule has 3 fully saturated rings. The first-order valence-corrected chi connectivity index (χ1v) is 13.8. The zero-order chi connectivity index (χ0) is 24.0. The highest BCUT2D eigenvalue weighted by Gasteiger charge is 2.35. The lowest BCUT2D eigenvalue weighted by molar-refractivity contribution is -0.593. The Morgan fingerprint density at radius 3 is 2.47 bits per heavy atom. The molecule has 3 atom stereocenters. The van der Waals surface area contributed by atoms with Crippen molar-refractivity contribution in [2.75, 3.05) is 18.0 Å². The van der Waals surface area contributed by atoms with Crippen LogP contribution in [-0.2, 0) is 0 Å².